The van der Waals surface area contributed by atoms with E-state index in [1.165, 1.54) is 11.9 Å². The van der Waals surface area contributed by atoms with Crippen LogP contribution in [0.4, 0.5) is 17.3 Å². The second-order valence-corrected chi connectivity index (χ2v) is 4.77. The lowest BCUT2D eigenvalue weighted by atomic mass is 10.2. The van der Waals surface area contributed by atoms with E-state index in [1.54, 1.807) is 0 Å². The van der Waals surface area contributed by atoms with E-state index >= 15 is 0 Å². The smallest absolute Gasteiger partial charge is 0.152 e. The summed E-state index contributed by atoms with van der Waals surface area (Å²) in [5.74, 6) is 1.24. The number of halogens is 1. The topological polar surface area (TPSA) is 55.0 Å². The molecule has 2 aromatic rings. The van der Waals surface area contributed by atoms with Gasteiger partial charge in [0.1, 0.15) is 16.6 Å². The summed E-state index contributed by atoms with van der Waals surface area (Å²) in [6.07, 6.45) is 1.48. The zero-order valence-electron chi connectivity index (χ0n) is 10.4. The number of hydrogen-bond acceptors (Lipinski definition) is 4. The average molecular weight is 307 g/mol. The highest BCUT2D eigenvalue weighted by Crippen LogP contribution is 2.32. The van der Waals surface area contributed by atoms with Crippen molar-refractivity contribution in [3.8, 4) is 0 Å². The van der Waals surface area contributed by atoms with Gasteiger partial charge in [-0.2, -0.15) is 0 Å². The van der Waals surface area contributed by atoms with Crippen molar-refractivity contribution in [2.24, 2.45) is 0 Å². The van der Waals surface area contributed by atoms with Crippen LogP contribution >= 0.6 is 15.9 Å². The fourth-order valence-corrected chi connectivity index (χ4v) is 2.16. The summed E-state index contributed by atoms with van der Waals surface area (Å²) in [6.45, 7) is 4.95. The molecule has 4 nitrogen and oxygen atoms in total. The van der Waals surface area contributed by atoms with Crippen LogP contribution in [-0.4, -0.2) is 16.5 Å². The summed E-state index contributed by atoms with van der Waals surface area (Å²) in [6, 6.07) is 8.31. The zero-order chi connectivity index (χ0) is 13.1. The van der Waals surface area contributed by atoms with Gasteiger partial charge in [-0.05, 0) is 41.9 Å². The molecule has 18 heavy (non-hydrogen) atoms. The van der Waals surface area contributed by atoms with E-state index in [2.05, 4.69) is 68.9 Å². The van der Waals surface area contributed by atoms with Gasteiger partial charge in [0.2, 0.25) is 0 Å². The fraction of sp³-hybridized carbons (Fsp3) is 0.231. The Balaban J connectivity index is 2.45. The first-order valence-corrected chi connectivity index (χ1v) is 6.53. The Morgan fingerprint density at radius 1 is 1.22 bits per heavy atom. The van der Waals surface area contributed by atoms with Crippen molar-refractivity contribution in [1.29, 1.82) is 0 Å². The van der Waals surface area contributed by atoms with E-state index in [1.807, 2.05) is 0 Å². The number of nitrogen functional groups attached to an aromatic ring is 1. The number of hydrogen-bond donors (Lipinski definition) is 1. The van der Waals surface area contributed by atoms with Gasteiger partial charge in [0.05, 0.1) is 0 Å². The lowest BCUT2D eigenvalue weighted by molar-refractivity contribution is 0.971. The molecule has 0 aliphatic carbocycles. The third-order valence-electron chi connectivity index (χ3n) is 2.72. The molecule has 1 aromatic heterocycles. The standard InChI is InChI=1S/C13H15BrN4/c1-3-18(10-6-4-9(2)5-7-10)13-11(14)12(15)16-8-17-13/h4-8H,3H2,1-2H3,(H2,15,16,17). The number of benzene rings is 1. The number of nitrogens with zero attached hydrogens (tertiary/aromatic N) is 3. The van der Waals surface area contributed by atoms with Crippen LogP contribution in [0.2, 0.25) is 0 Å². The summed E-state index contributed by atoms with van der Waals surface area (Å²) in [5.41, 5.74) is 8.11. The molecule has 0 fully saturated rings. The second kappa shape index (κ2) is 5.35. The first kappa shape index (κ1) is 12.8. The van der Waals surface area contributed by atoms with E-state index in [4.69, 9.17) is 5.73 Å². The summed E-state index contributed by atoms with van der Waals surface area (Å²) in [7, 11) is 0. The highest BCUT2D eigenvalue weighted by atomic mass is 79.9. The third-order valence-corrected chi connectivity index (χ3v) is 3.48. The van der Waals surface area contributed by atoms with Crippen molar-refractivity contribution in [3.05, 3.63) is 40.6 Å². The quantitative estimate of drug-likeness (QED) is 0.945. The summed E-state index contributed by atoms with van der Waals surface area (Å²) >= 11 is 3.44. The molecule has 0 aliphatic heterocycles. The Morgan fingerprint density at radius 3 is 2.50 bits per heavy atom. The minimum Gasteiger partial charge on any atom is -0.383 e. The van der Waals surface area contributed by atoms with Gasteiger partial charge in [-0.1, -0.05) is 17.7 Å². The minimum absolute atomic E-state index is 0.450. The van der Waals surface area contributed by atoms with Gasteiger partial charge in [0, 0.05) is 12.2 Å². The van der Waals surface area contributed by atoms with Crippen LogP contribution in [-0.2, 0) is 0 Å². The van der Waals surface area contributed by atoms with Crippen LogP contribution in [0.1, 0.15) is 12.5 Å². The number of aryl methyl sites for hydroxylation is 1. The largest absolute Gasteiger partial charge is 0.383 e. The van der Waals surface area contributed by atoms with Gasteiger partial charge < -0.3 is 10.6 Å². The molecular formula is C13H15BrN4. The highest BCUT2D eigenvalue weighted by molar-refractivity contribution is 9.10. The van der Waals surface area contributed by atoms with Crippen LogP contribution in [0, 0.1) is 6.92 Å². The van der Waals surface area contributed by atoms with Crippen molar-refractivity contribution < 1.29 is 0 Å². The molecular weight excluding hydrogens is 292 g/mol. The van der Waals surface area contributed by atoms with Gasteiger partial charge in [0.25, 0.3) is 0 Å². The van der Waals surface area contributed by atoms with E-state index in [-0.39, 0.29) is 0 Å². The highest BCUT2D eigenvalue weighted by Gasteiger charge is 2.14. The molecule has 0 atom stereocenters. The van der Waals surface area contributed by atoms with Crippen LogP contribution < -0.4 is 10.6 Å². The normalized spacial score (nSPS) is 10.4. The monoisotopic (exact) mass is 306 g/mol. The molecule has 2 rings (SSSR count). The Hall–Kier alpha value is -1.62. The first-order valence-electron chi connectivity index (χ1n) is 5.73. The molecule has 94 valence electrons. The SMILES string of the molecule is CCN(c1ccc(C)cc1)c1ncnc(N)c1Br. The summed E-state index contributed by atoms with van der Waals surface area (Å²) in [5, 5.41) is 0. The molecule has 0 saturated heterocycles. The maximum Gasteiger partial charge on any atom is 0.152 e. The lowest BCUT2D eigenvalue weighted by Gasteiger charge is -2.23. The molecule has 1 aromatic carbocycles. The molecule has 0 unspecified atom stereocenters. The van der Waals surface area contributed by atoms with Crippen molar-refractivity contribution in [3.63, 3.8) is 0 Å². The van der Waals surface area contributed by atoms with Gasteiger partial charge in [-0.15, -0.1) is 0 Å². The second-order valence-electron chi connectivity index (χ2n) is 3.98. The fourth-order valence-electron chi connectivity index (χ4n) is 1.74. The lowest BCUT2D eigenvalue weighted by Crippen LogP contribution is -2.18. The molecule has 0 amide bonds. The summed E-state index contributed by atoms with van der Waals surface area (Å²) in [4.78, 5) is 10.3. The van der Waals surface area contributed by atoms with Gasteiger partial charge >= 0.3 is 0 Å². The van der Waals surface area contributed by atoms with Crippen molar-refractivity contribution in [1.82, 2.24) is 9.97 Å². The summed E-state index contributed by atoms with van der Waals surface area (Å²) < 4.78 is 0.729. The number of aromatic nitrogens is 2. The van der Waals surface area contributed by atoms with Crippen molar-refractivity contribution >= 4 is 33.3 Å². The minimum atomic E-state index is 0.450. The Labute approximate surface area is 115 Å². The van der Waals surface area contributed by atoms with Gasteiger partial charge in [-0.25, -0.2) is 9.97 Å². The van der Waals surface area contributed by atoms with Crippen molar-refractivity contribution in [2.45, 2.75) is 13.8 Å². The average Bonchev–Trinajstić information content (AvgIpc) is 2.37. The molecule has 0 radical (unpaired) electrons. The Morgan fingerprint density at radius 2 is 1.89 bits per heavy atom. The first-order chi connectivity index (χ1) is 8.63. The van der Waals surface area contributed by atoms with E-state index in [9.17, 15) is 0 Å². The van der Waals surface area contributed by atoms with E-state index in [0.717, 1.165) is 22.5 Å². The Kier molecular flexibility index (Phi) is 3.81. The maximum atomic E-state index is 5.79. The Bertz CT molecular complexity index is 539. The zero-order valence-corrected chi connectivity index (χ0v) is 12.0. The molecule has 0 spiro atoms. The molecule has 2 N–H and O–H groups in total. The van der Waals surface area contributed by atoms with Crippen LogP contribution in [0.15, 0.2) is 35.1 Å². The van der Waals surface area contributed by atoms with Crippen LogP contribution in [0.5, 0.6) is 0 Å². The third kappa shape index (κ3) is 2.46. The van der Waals surface area contributed by atoms with Gasteiger partial charge in [-0.3, -0.25) is 0 Å². The molecule has 5 heteroatoms. The van der Waals surface area contributed by atoms with E-state index in [0.29, 0.717) is 5.82 Å². The van der Waals surface area contributed by atoms with Gasteiger partial charge in [0.15, 0.2) is 5.82 Å². The number of anilines is 3. The molecule has 0 bridgehead atoms. The van der Waals surface area contributed by atoms with Crippen LogP contribution in [0.25, 0.3) is 0 Å². The predicted octanol–water partition coefficient (Wildman–Crippen LogP) is 3.29. The van der Waals surface area contributed by atoms with Crippen molar-refractivity contribution in [2.75, 3.05) is 17.2 Å². The predicted molar refractivity (Wildman–Crippen MR) is 78.0 cm³/mol. The molecule has 0 saturated carbocycles. The maximum absolute atomic E-state index is 5.79. The molecule has 1 heterocycles. The number of nitrogens with two attached hydrogens (primary N) is 1. The van der Waals surface area contributed by atoms with E-state index < -0.39 is 0 Å². The molecule has 0 aliphatic rings. The van der Waals surface area contributed by atoms with Crippen LogP contribution in [0.3, 0.4) is 0 Å². The number of rotatable bonds is 3.